The average molecular weight is 285 g/mol. The van der Waals surface area contributed by atoms with Crippen LogP contribution in [-0.2, 0) is 4.79 Å². The number of benzene rings is 2. The smallest absolute Gasteiger partial charge is 0.260 e. The highest BCUT2D eigenvalue weighted by atomic mass is 16.5. The van der Waals surface area contributed by atoms with Gasteiger partial charge >= 0.3 is 0 Å². The molecule has 0 radical (unpaired) electrons. The molecule has 0 spiro atoms. The molecule has 2 aromatic rings. The van der Waals surface area contributed by atoms with E-state index in [-0.39, 0.29) is 12.5 Å². The van der Waals surface area contributed by atoms with E-state index in [1.54, 1.807) is 0 Å². The summed E-state index contributed by atoms with van der Waals surface area (Å²) in [6, 6.07) is 13.9. The van der Waals surface area contributed by atoms with E-state index in [0.29, 0.717) is 5.92 Å². The first-order valence-electron chi connectivity index (χ1n) is 7.50. The maximum absolute atomic E-state index is 12.2. The molecule has 0 heterocycles. The highest BCUT2D eigenvalue weighted by molar-refractivity contribution is 5.88. The molecule has 0 saturated heterocycles. The van der Waals surface area contributed by atoms with Gasteiger partial charge in [-0.1, -0.05) is 50.2 Å². The van der Waals surface area contributed by atoms with Gasteiger partial charge in [-0.15, -0.1) is 0 Å². The minimum Gasteiger partial charge on any atom is -0.483 e. The van der Waals surface area contributed by atoms with Crippen molar-refractivity contribution in [3.05, 3.63) is 42.5 Å². The molecule has 0 fully saturated rings. The first-order valence-corrected chi connectivity index (χ1v) is 7.50. The number of fused-ring (bicyclic) bond motifs is 1. The number of ether oxygens (including phenoxy) is 1. The molecule has 0 bridgehead atoms. The normalized spacial score (nSPS) is 10.9. The van der Waals surface area contributed by atoms with Gasteiger partial charge < -0.3 is 9.64 Å². The van der Waals surface area contributed by atoms with Gasteiger partial charge in [0.2, 0.25) is 0 Å². The van der Waals surface area contributed by atoms with E-state index in [1.807, 2.05) is 54.3 Å². The first-order chi connectivity index (χ1) is 10.1. The summed E-state index contributed by atoms with van der Waals surface area (Å²) in [5.74, 6) is 1.27. The van der Waals surface area contributed by atoms with Crippen molar-refractivity contribution in [2.24, 2.45) is 5.92 Å². The lowest BCUT2D eigenvalue weighted by molar-refractivity contribution is -0.133. The molecule has 0 aromatic heterocycles. The molecule has 2 rings (SSSR count). The number of nitrogens with zero attached hydrogens (tertiary/aromatic N) is 1. The third kappa shape index (κ3) is 3.97. The van der Waals surface area contributed by atoms with E-state index < -0.39 is 0 Å². The molecular formula is C18H23NO2. The first kappa shape index (κ1) is 15.4. The van der Waals surface area contributed by atoms with Crippen LogP contribution in [0.25, 0.3) is 10.8 Å². The van der Waals surface area contributed by atoms with E-state index in [0.717, 1.165) is 29.6 Å². The zero-order chi connectivity index (χ0) is 15.2. The second-order valence-corrected chi connectivity index (χ2v) is 5.59. The number of rotatable bonds is 6. The number of carbonyl (C=O) groups excluding carboxylic acids is 1. The van der Waals surface area contributed by atoms with E-state index in [4.69, 9.17) is 4.74 Å². The summed E-state index contributed by atoms with van der Waals surface area (Å²) in [6.07, 6.45) is 0. The lowest BCUT2D eigenvalue weighted by Gasteiger charge is -2.23. The molecule has 112 valence electrons. The summed E-state index contributed by atoms with van der Waals surface area (Å²) >= 11 is 0. The Morgan fingerprint density at radius 2 is 1.86 bits per heavy atom. The fraction of sp³-hybridized carbons (Fsp3) is 0.389. The van der Waals surface area contributed by atoms with Crippen LogP contribution in [0.15, 0.2) is 42.5 Å². The number of hydrogen-bond donors (Lipinski definition) is 0. The van der Waals surface area contributed by atoms with Crippen LogP contribution < -0.4 is 4.74 Å². The number of amides is 1. The van der Waals surface area contributed by atoms with Crippen molar-refractivity contribution in [3.63, 3.8) is 0 Å². The predicted molar refractivity (Wildman–Crippen MR) is 86.5 cm³/mol. The van der Waals surface area contributed by atoms with Crippen LogP contribution >= 0.6 is 0 Å². The fourth-order valence-electron chi connectivity index (χ4n) is 2.40. The lowest BCUT2D eigenvalue weighted by Crippen LogP contribution is -2.37. The summed E-state index contributed by atoms with van der Waals surface area (Å²) in [7, 11) is 0. The summed E-state index contributed by atoms with van der Waals surface area (Å²) in [6.45, 7) is 7.81. The monoisotopic (exact) mass is 285 g/mol. The zero-order valence-electron chi connectivity index (χ0n) is 13.0. The summed E-state index contributed by atoms with van der Waals surface area (Å²) in [5.41, 5.74) is 0. The molecule has 0 N–H and O–H groups in total. The van der Waals surface area contributed by atoms with Crippen molar-refractivity contribution in [1.82, 2.24) is 4.90 Å². The van der Waals surface area contributed by atoms with Crippen molar-refractivity contribution in [2.75, 3.05) is 19.7 Å². The SMILES string of the molecule is CCN(CC(C)C)C(=O)COc1cccc2ccccc12. The molecule has 0 atom stereocenters. The third-order valence-corrected chi connectivity index (χ3v) is 3.42. The molecule has 2 aromatic carbocycles. The Labute approximate surface area is 126 Å². The average Bonchev–Trinajstić information content (AvgIpc) is 2.50. The fourth-order valence-corrected chi connectivity index (χ4v) is 2.40. The standard InChI is InChI=1S/C18H23NO2/c1-4-19(12-14(2)3)18(20)13-21-17-11-7-9-15-8-5-6-10-16(15)17/h5-11,14H,4,12-13H2,1-3H3. The summed E-state index contributed by atoms with van der Waals surface area (Å²) in [4.78, 5) is 14.1. The molecule has 21 heavy (non-hydrogen) atoms. The quantitative estimate of drug-likeness (QED) is 0.809. The second kappa shape index (κ2) is 7.11. The highest BCUT2D eigenvalue weighted by Crippen LogP contribution is 2.25. The maximum atomic E-state index is 12.2. The molecule has 0 aliphatic carbocycles. The van der Waals surface area contributed by atoms with E-state index in [2.05, 4.69) is 13.8 Å². The van der Waals surface area contributed by atoms with Crippen molar-refractivity contribution in [3.8, 4) is 5.75 Å². The van der Waals surface area contributed by atoms with Crippen molar-refractivity contribution in [1.29, 1.82) is 0 Å². The predicted octanol–water partition coefficient (Wildman–Crippen LogP) is 3.72. The molecule has 1 amide bonds. The van der Waals surface area contributed by atoms with Gasteiger partial charge in [0, 0.05) is 18.5 Å². The Bertz CT molecular complexity index is 602. The van der Waals surface area contributed by atoms with E-state index in [1.165, 1.54) is 0 Å². The van der Waals surface area contributed by atoms with E-state index in [9.17, 15) is 4.79 Å². The molecule has 0 aliphatic rings. The third-order valence-electron chi connectivity index (χ3n) is 3.42. The van der Waals surface area contributed by atoms with Crippen LogP contribution in [0.1, 0.15) is 20.8 Å². The van der Waals surface area contributed by atoms with Crippen molar-refractivity contribution in [2.45, 2.75) is 20.8 Å². The van der Waals surface area contributed by atoms with Gasteiger partial charge in [0.25, 0.3) is 5.91 Å². The van der Waals surface area contributed by atoms with Crippen molar-refractivity contribution >= 4 is 16.7 Å². The Kier molecular flexibility index (Phi) is 5.20. The van der Waals surface area contributed by atoms with Crippen LogP contribution in [0.2, 0.25) is 0 Å². The van der Waals surface area contributed by atoms with Crippen LogP contribution in [0.4, 0.5) is 0 Å². The second-order valence-electron chi connectivity index (χ2n) is 5.59. The van der Waals surface area contributed by atoms with Crippen LogP contribution in [0, 0.1) is 5.92 Å². The molecule has 0 aliphatic heterocycles. The van der Waals surface area contributed by atoms with Gasteiger partial charge in [0.15, 0.2) is 6.61 Å². The number of carbonyl (C=O) groups is 1. The largest absolute Gasteiger partial charge is 0.483 e. The van der Waals surface area contributed by atoms with Gasteiger partial charge in [-0.05, 0) is 24.3 Å². The van der Waals surface area contributed by atoms with Crippen LogP contribution in [0.5, 0.6) is 5.75 Å². The van der Waals surface area contributed by atoms with Gasteiger partial charge in [-0.2, -0.15) is 0 Å². The molecule has 3 nitrogen and oxygen atoms in total. The Morgan fingerprint density at radius 3 is 2.57 bits per heavy atom. The minimum atomic E-state index is 0.0409. The number of hydrogen-bond acceptors (Lipinski definition) is 2. The number of likely N-dealkylation sites (N-methyl/N-ethyl adjacent to an activating group) is 1. The molecule has 3 heteroatoms. The topological polar surface area (TPSA) is 29.5 Å². The molecule has 0 unspecified atom stereocenters. The van der Waals surface area contributed by atoms with Crippen molar-refractivity contribution < 1.29 is 9.53 Å². The zero-order valence-corrected chi connectivity index (χ0v) is 13.0. The Morgan fingerprint density at radius 1 is 1.14 bits per heavy atom. The van der Waals surface area contributed by atoms with E-state index >= 15 is 0 Å². The summed E-state index contributed by atoms with van der Waals surface area (Å²) < 4.78 is 5.75. The molecule has 0 saturated carbocycles. The summed E-state index contributed by atoms with van der Waals surface area (Å²) in [5, 5.41) is 2.16. The van der Waals surface area contributed by atoms with Gasteiger partial charge in [0.1, 0.15) is 5.75 Å². The van der Waals surface area contributed by atoms with Gasteiger partial charge in [0.05, 0.1) is 0 Å². The van der Waals surface area contributed by atoms with Crippen LogP contribution in [0.3, 0.4) is 0 Å². The highest BCUT2D eigenvalue weighted by Gasteiger charge is 2.14. The maximum Gasteiger partial charge on any atom is 0.260 e. The van der Waals surface area contributed by atoms with Gasteiger partial charge in [-0.3, -0.25) is 4.79 Å². The van der Waals surface area contributed by atoms with Crippen LogP contribution in [-0.4, -0.2) is 30.5 Å². The molecular weight excluding hydrogens is 262 g/mol. The minimum absolute atomic E-state index is 0.0409. The Balaban J connectivity index is 2.06. The Hall–Kier alpha value is -2.03. The lowest BCUT2D eigenvalue weighted by atomic mass is 10.1. The van der Waals surface area contributed by atoms with Gasteiger partial charge in [-0.25, -0.2) is 0 Å².